The Morgan fingerprint density at radius 1 is 1.55 bits per heavy atom. The van der Waals surface area contributed by atoms with Crippen molar-refractivity contribution in [1.29, 1.82) is 0 Å². The van der Waals surface area contributed by atoms with Crippen molar-refractivity contribution in [2.75, 3.05) is 11.8 Å². The van der Waals surface area contributed by atoms with Crippen molar-refractivity contribution in [1.82, 2.24) is 4.72 Å². The Balaban J connectivity index is 3.71. The molecule has 0 aromatic heterocycles. The maximum atomic E-state index is 10.8. The normalized spacial score (nSPS) is 14.8. The summed E-state index contributed by atoms with van der Waals surface area (Å²) in [7, 11) is -3.21. The molecule has 0 aliphatic carbocycles. The molecule has 0 heterocycles. The molecule has 0 fully saturated rings. The van der Waals surface area contributed by atoms with Crippen LogP contribution in [0.2, 0.25) is 0 Å². The second-order valence-electron chi connectivity index (χ2n) is 2.59. The lowest BCUT2D eigenvalue weighted by Gasteiger charge is -2.08. The van der Waals surface area contributed by atoms with E-state index in [4.69, 9.17) is 11.6 Å². The fraction of sp³-hybridized carbons (Fsp3) is 1.00. The van der Waals surface area contributed by atoms with E-state index < -0.39 is 10.0 Å². The average molecular weight is 200 g/mol. The quantitative estimate of drug-likeness (QED) is 0.676. The minimum atomic E-state index is -3.21. The van der Waals surface area contributed by atoms with E-state index in [2.05, 4.69) is 4.72 Å². The number of halogens is 1. The third kappa shape index (κ3) is 5.47. The zero-order chi connectivity index (χ0) is 8.91. The Bertz CT molecular complexity index is 191. The molecule has 0 radical (unpaired) electrons. The standard InChI is InChI=1S/C6H14ClNO2S/c1-3-6(2)4-8-11(9,10)5-7/h6,8H,3-5H2,1-2H3. The Morgan fingerprint density at radius 3 is 2.45 bits per heavy atom. The lowest BCUT2D eigenvalue weighted by atomic mass is 10.1. The summed E-state index contributed by atoms with van der Waals surface area (Å²) in [5.41, 5.74) is 0. The van der Waals surface area contributed by atoms with Crippen molar-refractivity contribution in [2.45, 2.75) is 20.3 Å². The third-order valence-electron chi connectivity index (χ3n) is 1.49. The van der Waals surface area contributed by atoms with E-state index >= 15 is 0 Å². The van der Waals surface area contributed by atoms with Gasteiger partial charge in [-0.15, -0.1) is 11.6 Å². The highest BCUT2D eigenvalue weighted by molar-refractivity contribution is 7.90. The Labute approximate surface area is 73.2 Å². The second-order valence-corrected chi connectivity index (χ2v) is 4.98. The van der Waals surface area contributed by atoms with E-state index in [0.29, 0.717) is 12.5 Å². The molecule has 0 aliphatic heterocycles. The van der Waals surface area contributed by atoms with Crippen LogP contribution < -0.4 is 4.72 Å². The van der Waals surface area contributed by atoms with Crippen molar-refractivity contribution in [3.63, 3.8) is 0 Å². The summed E-state index contributed by atoms with van der Waals surface area (Å²) in [6, 6.07) is 0. The zero-order valence-corrected chi connectivity index (χ0v) is 8.37. The van der Waals surface area contributed by atoms with Gasteiger partial charge in [-0.2, -0.15) is 0 Å². The van der Waals surface area contributed by atoms with Crippen molar-refractivity contribution >= 4 is 21.6 Å². The molecule has 0 spiro atoms. The highest BCUT2D eigenvalue weighted by atomic mass is 35.5. The van der Waals surface area contributed by atoms with Crippen LogP contribution in [0.15, 0.2) is 0 Å². The monoisotopic (exact) mass is 199 g/mol. The molecule has 0 saturated carbocycles. The fourth-order valence-electron chi connectivity index (χ4n) is 0.452. The van der Waals surface area contributed by atoms with E-state index in [0.717, 1.165) is 6.42 Å². The molecule has 1 atom stereocenters. The highest BCUT2D eigenvalue weighted by Crippen LogP contribution is 1.99. The van der Waals surface area contributed by atoms with Gasteiger partial charge in [0.25, 0.3) is 0 Å². The van der Waals surface area contributed by atoms with Crippen LogP contribution in [0.4, 0.5) is 0 Å². The maximum Gasteiger partial charge on any atom is 0.225 e. The van der Waals surface area contributed by atoms with Crippen LogP contribution in [0.3, 0.4) is 0 Å². The van der Waals surface area contributed by atoms with Crippen molar-refractivity contribution in [3.8, 4) is 0 Å². The molecule has 11 heavy (non-hydrogen) atoms. The molecule has 0 rings (SSSR count). The molecule has 0 aliphatic rings. The number of sulfonamides is 1. The topological polar surface area (TPSA) is 46.2 Å². The summed E-state index contributed by atoms with van der Waals surface area (Å²) in [5.74, 6) is 0.369. The molecule has 5 heteroatoms. The van der Waals surface area contributed by atoms with Crippen LogP contribution >= 0.6 is 11.6 Å². The number of alkyl halides is 1. The van der Waals surface area contributed by atoms with Gasteiger partial charge in [0.2, 0.25) is 10.0 Å². The second kappa shape index (κ2) is 4.95. The molecule has 68 valence electrons. The van der Waals surface area contributed by atoms with Crippen LogP contribution in [0, 0.1) is 5.92 Å². The van der Waals surface area contributed by atoms with Crippen LogP contribution in [0.1, 0.15) is 20.3 Å². The first-order valence-electron chi connectivity index (χ1n) is 3.55. The molecular weight excluding hydrogens is 186 g/mol. The average Bonchev–Trinajstić information content (AvgIpc) is 2.00. The first-order valence-corrected chi connectivity index (χ1v) is 5.73. The maximum absolute atomic E-state index is 10.8. The molecule has 0 aromatic carbocycles. The van der Waals surface area contributed by atoms with Crippen LogP contribution in [0.25, 0.3) is 0 Å². The SMILES string of the molecule is CCC(C)CNS(=O)(=O)CCl. The van der Waals surface area contributed by atoms with E-state index in [1.54, 1.807) is 0 Å². The number of hydrogen-bond donors (Lipinski definition) is 1. The first-order chi connectivity index (χ1) is 5.02. The van der Waals surface area contributed by atoms with Gasteiger partial charge >= 0.3 is 0 Å². The molecule has 3 nitrogen and oxygen atoms in total. The summed E-state index contributed by atoms with van der Waals surface area (Å²) >= 11 is 5.17. The minimum Gasteiger partial charge on any atom is -0.214 e. The lowest BCUT2D eigenvalue weighted by Crippen LogP contribution is -2.28. The zero-order valence-electron chi connectivity index (χ0n) is 6.80. The molecular formula is C6H14ClNO2S. The predicted molar refractivity (Wildman–Crippen MR) is 47.1 cm³/mol. The van der Waals surface area contributed by atoms with Gasteiger partial charge in [-0.25, -0.2) is 13.1 Å². The molecule has 1 N–H and O–H groups in total. The summed E-state index contributed by atoms with van der Waals surface area (Å²) in [6.45, 7) is 4.47. The van der Waals surface area contributed by atoms with Crippen molar-refractivity contribution < 1.29 is 8.42 Å². The van der Waals surface area contributed by atoms with Crippen LogP contribution in [-0.2, 0) is 10.0 Å². The van der Waals surface area contributed by atoms with E-state index in [1.165, 1.54) is 0 Å². The molecule has 1 unspecified atom stereocenters. The van der Waals surface area contributed by atoms with Crippen LogP contribution in [0.5, 0.6) is 0 Å². The first kappa shape index (κ1) is 11.2. The minimum absolute atomic E-state index is 0.358. The van der Waals surface area contributed by atoms with Gasteiger partial charge in [-0.3, -0.25) is 0 Å². The summed E-state index contributed by atoms with van der Waals surface area (Å²) in [6.07, 6.45) is 0.963. The molecule has 0 bridgehead atoms. The van der Waals surface area contributed by atoms with Gasteiger partial charge < -0.3 is 0 Å². The predicted octanol–water partition coefficient (Wildman–Crippen LogP) is 1.15. The molecule has 0 amide bonds. The van der Waals surface area contributed by atoms with E-state index in [9.17, 15) is 8.42 Å². The van der Waals surface area contributed by atoms with Crippen LogP contribution in [-0.4, -0.2) is 20.2 Å². The Morgan fingerprint density at radius 2 is 2.09 bits per heavy atom. The Kier molecular flexibility index (Phi) is 5.04. The van der Waals surface area contributed by atoms with Gasteiger partial charge in [-0.1, -0.05) is 20.3 Å². The summed E-state index contributed by atoms with van der Waals surface area (Å²) in [5, 5.41) is -0.358. The van der Waals surface area contributed by atoms with E-state index in [-0.39, 0.29) is 5.21 Å². The Hall–Kier alpha value is 0.200. The number of rotatable bonds is 5. The van der Waals surface area contributed by atoms with Gasteiger partial charge in [0.05, 0.1) is 0 Å². The molecule has 0 saturated heterocycles. The smallest absolute Gasteiger partial charge is 0.214 e. The molecule has 0 aromatic rings. The third-order valence-corrected chi connectivity index (χ3v) is 3.25. The summed E-state index contributed by atoms with van der Waals surface area (Å²) < 4.78 is 24.0. The lowest BCUT2D eigenvalue weighted by molar-refractivity contribution is 0.530. The van der Waals surface area contributed by atoms with E-state index in [1.807, 2.05) is 13.8 Å². The van der Waals surface area contributed by atoms with Gasteiger partial charge in [0.1, 0.15) is 5.21 Å². The van der Waals surface area contributed by atoms with Crippen molar-refractivity contribution in [3.05, 3.63) is 0 Å². The highest BCUT2D eigenvalue weighted by Gasteiger charge is 2.08. The largest absolute Gasteiger partial charge is 0.225 e. The number of nitrogens with one attached hydrogen (secondary N) is 1. The number of hydrogen-bond acceptors (Lipinski definition) is 2. The fourth-order valence-corrected chi connectivity index (χ4v) is 1.30. The summed E-state index contributed by atoms with van der Waals surface area (Å²) in [4.78, 5) is 0. The van der Waals surface area contributed by atoms with Crippen molar-refractivity contribution in [2.24, 2.45) is 5.92 Å². The van der Waals surface area contributed by atoms with Gasteiger partial charge in [0.15, 0.2) is 0 Å². The van der Waals surface area contributed by atoms with Gasteiger partial charge in [0, 0.05) is 6.54 Å². The van der Waals surface area contributed by atoms with Gasteiger partial charge in [-0.05, 0) is 5.92 Å².